The number of hydrogen-bond acceptors (Lipinski definition) is 2. The van der Waals surface area contributed by atoms with Gasteiger partial charge in [-0.15, -0.1) is 0 Å². The van der Waals surface area contributed by atoms with Crippen molar-refractivity contribution in [1.29, 1.82) is 0 Å². The molecule has 1 aliphatic rings. The molecule has 1 unspecified atom stereocenters. The zero-order chi connectivity index (χ0) is 13.3. The van der Waals surface area contributed by atoms with Crippen molar-refractivity contribution in [1.82, 2.24) is 4.90 Å². The Bertz CT molecular complexity index is 456. The van der Waals surface area contributed by atoms with Crippen LogP contribution in [0.2, 0.25) is 0 Å². The highest BCUT2D eigenvalue weighted by molar-refractivity contribution is 5.92. The molecule has 0 fully saturated rings. The van der Waals surface area contributed by atoms with E-state index in [2.05, 4.69) is 25.2 Å². The Labute approximate surface area is 108 Å². The maximum absolute atomic E-state index is 11.5. The Morgan fingerprint density at radius 2 is 2.17 bits per heavy atom. The van der Waals surface area contributed by atoms with Gasteiger partial charge in [0.25, 0.3) is 0 Å². The molecule has 2 amide bonds. The third-order valence-corrected chi connectivity index (χ3v) is 3.28. The molecule has 3 N–H and O–H groups in total. The highest BCUT2D eigenvalue weighted by Crippen LogP contribution is 2.27. The third-order valence-electron chi connectivity index (χ3n) is 3.28. The summed E-state index contributed by atoms with van der Waals surface area (Å²) in [6.07, 6.45) is 0.973. The number of anilines is 1. The average Bonchev–Trinajstić information content (AvgIpc) is 2.29. The lowest BCUT2D eigenvalue weighted by atomic mass is 9.95. The van der Waals surface area contributed by atoms with Crippen LogP contribution in [0.3, 0.4) is 0 Å². The van der Waals surface area contributed by atoms with Crippen molar-refractivity contribution >= 4 is 11.7 Å². The van der Waals surface area contributed by atoms with E-state index in [4.69, 9.17) is 5.73 Å². The van der Waals surface area contributed by atoms with E-state index in [0.29, 0.717) is 12.5 Å². The molecule has 4 heteroatoms. The minimum absolute atomic E-state index is 0.0540. The third kappa shape index (κ3) is 2.64. The average molecular weight is 247 g/mol. The standard InChI is InChI=1S/C14H21N3O/c1-9(2)6-12(15)10-4-5-13-11(7-10)8-17(3)14(18)16-13/h4-5,7,9,12H,6,8,15H2,1-3H3,(H,16,18). The molecule has 98 valence electrons. The number of carbonyl (C=O) groups is 1. The summed E-state index contributed by atoms with van der Waals surface area (Å²) >= 11 is 0. The van der Waals surface area contributed by atoms with Crippen LogP contribution in [-0.4, -0.2) is 18.0 Å². The van der Waals surface area contributed by atoms with Crippen molar-refractivity contribution < 1.29 is 4.79 Å². The molecule has 1 atom stereocenters. The first-order valence-corrected chi connectivity index (χ1v) is 6.38. The highest BCUT2D eigenvalue weighted by atomic mass is 16.2. The number of nitrogens with zero attached hydrogens (tertiary/aromatic N) is 1. The number of nitrogens with two attached hydrogens (primary N) is 1. The van der Waals surface area contributed by atoms with Crippen molar-refractivity contribution in [3.05, 3.63) is 29.3 Å². The number of nitrogens with one attached hydrogen (secondary N) is 1. The van der Waals surface area contributed by atoms with Crippen molar-refractivity contribution in [2.75, 3.05) is 12.4 Å². The van der Waals surface area contributed by atoms with Crippen LogP contribution in [0.5, 0.6) is 0 Å². The van der Waals surface area contributed by atoms with Gasteiger partial charge in [-0.3, -0.25) is 0 Å². The number of amides is 2. The summed E-state index contributed by atoms with van der Waals surface area (Å²) in [5.41, 5.74) is 9.37. The second kappa shape index (κ2) is 4.98. The van der Waals surface area contributed by atoms with Gasteiger partial charge in [0.15, 0.2) is 0 Å². The van der Waals surface area contributed by atoms with Crippen LogP contribution in [-0.2, 0) is 6.54 Å². The van der Waals surface area contributed by atoms with E-state index in [0.717, 1.165) is 23.2 Å². The van der Waals surface area contributed by atoms with E-state index >= 15 is 0 Å². The Morgan fingerprint density at radius 3 is 2.83 bits per heavy atom. The molecule has 2 rings (SSSR count). The normalized spacial score (nSPS) is 16.5. The lowest BCUT2D eigenvalue weighted by Gasteiger charge is -2.27. The Kier molecular flexibility index (Phi) is 3.57. The van der Waals surface area contributed by atoms with Gasteiger partial charge in [-0.1, -0.05) is 26.0 Å². The molecule has 0 aliphatic carbocycles. The molecule has 1 aromatic carbocycles. The van der Waals surface area contributed by atoms with Crippen LogP contribution in [0.4, 0.5) is 10.5 Å². The summed E-state index contributed by atoms with van der Waals surface area (Å²) < 4.78 is 0. The molecule has 18 heavy (non-hydrogen) atoms. The molecule has 1 heterocycles. The number of carbonyl (C=O) groups excluding carboxylic acids is 1. The summed E-state index contributed by atoms with van der Waals surface area (Å²) in [7, 11) is 1.79. The SMILES string of the molecule is CC(C)CC(N)c1ccc2c(c1)CN(C)C(=O)N2. The van der Waals surface area contributed by atoms with Gasteiger partial charge in [0.2, 0.25) is 0 Å². The van der Waals surface area contributed by atoms with Crippen LogP contribution < -0.4 is 11.1 Å². The predicted molar refractivity (Wildman–Crippen MR) is 73.3 cm³/mol. The fourth-order valence-corrected chi connectivity index (χ4v) is 2.28. The lowest BCUT2D eigenvalue weighted by molar-refractivity contribution is 0.218. The number of fused-ring (bicyclic) bond motifs is 1. The largest absolute Gasteiger partial charge is 0.324 e. The molecule has 0 saturated heterocycles. The smallest absolute Gasteiger partial charge is 0.321 e. The number of hydrogen-bond donors (Lipinski definition) is 2. The summed E-state index contributed by atoms with van der Waals surface area (Å²) in [5, 5.41) is 2.86. The number of benzene rings is 1. The first-order chi connectivity index (χ1) is 8.47. The Balaban J connectivity index is 2.22. The second-order valence-electron chi connectivity index (χ2n) is 5.44. The summed E-state index contributed by atoms with van der Waals surface area (Å²) in [5.74, 6) is 0.582. The van der Waals surface area contributed by atoms with Crippen LogP contribution >= 0.6 is 0 Å². The van der Waals surface area contributed by atoms with E-state index in [1.165, 1.54) is 0 Å². The lowest BCUT2D eigenvalue weighted by Crippen LogP contribution is -2.35. The van der Waals surface area contributed by atoms with Crippen molar-refractivity contribution in [2.24, 2.45) is 11.7 Å². The second-order valence-corrected chi connectivity index (χ2v) is 5.44. The summed E-state index contributed by atoms with van der Waals surface area (Å²) in [6, 6.07) is 6.09. The molecule has 4 nitrogen and oxygen atoms in total. The maximum atomic E-state index is 11.5. The minimum atomic E-state index is -0.0540. The highest BCUT2D eigenvalue weighted by Gasteiger charge is 2.20. The molecular formula is C14H21N3O. The van der Waals surface area contributed by atoms with Gasteiger partial charge in [0, 0.05) is 25.3 Å². The Hall–Kier alpha value is -1.55. The topological polar surface area (TPSA) is 58.4 Å². The monoisotopic (exact) mass is 247 g/mol. The molecule has 0 saturated carbocycles. The van der Waals surface area contributed by atoms with Crippen molar-refractivity contribution in [3.63, 3.8) is 0 Å². The quantitative estimate of drug-likeness (QED) is 0.862. The van der Waals surface area contributed by atoms with Crippen LogP contribution in [0.25, 0.3) is 0 Å². The van der Waals surface area contributed by atoms with Gasteiger partial charge in [-0.2, -0.15) is 0 Å². The van der Waals surface area contributed by atoms with Crippen LogP contribution in [0.1, 0.15) is 37.4 Å². The van der Waals surface area contributed by atoms with Gasteiger partial charge in [0.1, 0.15) is 0 Å². The van der Waals surface area contributed by atoms with Crippen LogP contribution in [0.15, 0.2) is 18.2 Å². The van der Waals surface area contributed by atoms with E-state index in [-0.39, 0.29) is 12.1 Å². The fraction of sp³-hybridized carbons (Fsp3) is 0.500. The number of rotatable bonds is 3. The van der Waals surface area contributed by atoms with Gasteiger partial charge in [-0.05, 0) is 29.5 Å². The van der Waals surface area contributed by atoms with Gasteiger partial charge >= 0.3 is 6.03 Å². The van der Waals surface area contributed by atoms with Crippen molar-refractivity contribution in [2.45, 2.75) is 32.9 Å². The zero-order valence-electron chi connectivity index (χ0n) is 11.2. The van der Waals surface area contributed by atoms with Crippen molar-refractivity contribution in [3.8, 4) is 0 Å². The molecule has 1 aromatic rings. The van der Waals surface area contributed by atoms with Gasteiger partial charge in [0.05, 0.1) is 0 Å². The maximum Gasteiger partial charge on any atom is 0.321 e. The van der Waals surface area contributed by atoms with E-state index < -0.39 is 0 Å². The van der Waals surface area contributed by atoms with Gasteiger partial charge < -0.3 is 16.0 Å². The first kappa shape index (κ1) is 12.9. The predicted octanol–water partition coefficient (Wildman–Crippen LogP) is 2.71. The molecule has 0 spiro atoms. The van der Waals surface area contributed by atoms with E-state index in [1.54, 1.807) is 11.9 Å². The van der Waals surface area contributed by atoms with Crippen LogP contribution in [0, 0.1) is 5.92 Å². The fourth-order valence-electron chi connectivity index (χ4n) is 2.28. The van der Waals surface area contributed by atoms with E-state index in [9.17, 15) is 4.79 Å². The molecular weight excluding hydrogens is 226 g/mol. The summed E-state index contributed by atoms with van der Waals surface area (Å²) in [6.45, 7) is 4.99. The van der Waals surface area contributed by atoms with Gasteiger partial charge in [-0.25, -0.2) is 4.79 Å². The zero-order valence-corrected chi connectivity index (χ0v) is 11.2. The molecule has 1 aliphatic heterocycles. The molecule has 0 radical (unpaired) electrons. The van der Waals surface area contributed by atoms with E-state index in [1.807, 2.05) is 12.1 Å². The molecule has 0 bridgehead atoms. The Morgan fingerprint density at radius 1 is 1.44 bits per heavy atom. The summed E-state index contributed by atoms with van der Waals surface area (Å²) in [4.78, 5) is 13.2. The molecule has 0 aromatic heterocycles. The number of urea groups is 1. The first-order valence-electron chi connectivity index (χ1n) is 6.38. The minimum Gasteiger partial charge on any atom is -0.324 e.